The molecule has 2 heterocycles. The minimum atomic E-state index is -5.15. The van der Waals surface area contributed by atoms with Crippen LogP contribution < -0.4 is 11.4 Å². The number of rotatable bonds is 9. The van der Waals surface area contributed by atoms with Crippen molar-refractivity contribution in [2.75, 3.05) is 25.6 Å². The summed E-state index contributed by atoms with van der Waals surface area (Å²) in [5.41, 5.74) is 4.48. The van der Waals surface area contributed by atoms with Crippen LogP contribution in [0.4, 0.5) is 5.82 Å². The predicted octanol–water partition coefficient (Wildman–Crippen LogP) is -2.31. The standard InChI is InChI=1S/C11H19N3O12P2/c12-7-1-2-14(11(18)13-7)10-9(17)8(16)6(25-10)5-24-28(21,22)26-27(19,20)23-4-3-15/h1-2,6,8-10,15-17H,3-5H2,(H,19,20)(H,21,22)(H2,12,13,18)/t6-,8-,9-,10-/m1/s1. The zero-order chi connectivity index (χ0) is 21.1. The van der Waals surface area contributed by atoms with Gasteiger partial charge in [0.1, 0.15) is 24.1 Å². The lowest BCUT2D eigenvalue weighted by Gasteiger charge is -2.19. The number of aromatic nitrogens is 2. The first-order valence-electron chi connectivity index (χ1n) is 7.59. The molecule has 1 saturated heterocycles. The molecule has 6 atom stereocenters. The van der Waals surface area contributed by atoms with E-state index in [2.05, 4.69) is 18.3 Å². The molecule has 15 nitrogen and oxygen atoms in total. The minimum Gasteiger partial charge on any atom is -0.394 e. The van der Waals surface area contributed by atoms with Gasteiger partial charge in [0.25, 0.3) is 0 Å². The molecule has 0 aromatic carbocycles. The number of nitrogens with zero attached hydrogens (tertiary/aromatic N) is 2. The third kappa shape index (κ3) is 5.89. The molecule has 2 unspecified atom stereocenters. The Labute approximate surface area is 157 Å². The SMILES string of the molecule is Nc1ccn([C@@H]2O[C@H](COP(=O)(O)OP(=O)(O)OCCO)[C@@H](O)[C@H]2O)c(=O)n1. The average molecular weight is 447 g/mol. The highest BCUT2D eigenvalue weighted by atomic mass is 31.3. The van der Waals surface area contributed by atoms with Crippen molar-refractivity contribution in [1.29, 1.82) is 0 Å². The van der Waals surface area contributed by atoms with Gasteiger partial charge in [-0.15, -0.1) is 0 Å². The Balaban J connectivity index is 2.02. The molecule has 0 radical (unpaired) electrons. The van der Waals surface area contributed by atoms with Crippen LogP contribution in [0.15, 0.2) is 17.1 Å². The smallest absolute Gasteiger partial charge is 0.394 e. The number of hydrogen-bond acceptors (Lipinski definition) is 12. The van der Waals surface area contributed by atoms with Gasteiger partial charge in [-0.05, 0) is 6.07 Å². The lowest BCUT2D eigenvalue weighted by molar-refractivity contribution is -0.0542. The van der Waals surface area contributed by atoms with E-state index >= 15 is 0 Å². The summed E-state index contributed by atoms with van der Waals surface area (Å²) >= 11 is 0. The quantitative estimate of drug-likeness (QED) is 0.218. The summed E-state index contributed by atoms with van der Waals surface area (Å²) in [6.07, 6.45) is -4.94. The summed E-state index contributed by atoms with van der Waals surface area (Å²) in [6.45, 7) is -2.15. The largest absolute Gasteiger partial charge is 0.481 e. The Kier molecular flexibility index (Phi) is 7.47. The van der Waals surface area contributed by atoms with E-state index in [0.717, 1.165) is 10.8 Å². The van der Waals surface area contributed by atoms with Crippen LogP contribution in [0.5, 0.6) is 0 Å². The first kappa shape index (κ1) is 23.1. The Bertz CT molecular complexity index is 833. The van der Waals surface area contributed by atoms with Gasteiger partial charge in [-0.25, -0.2) is 13.9 Å². The molecule has 0 spiro atoms. The van der Waals surface area contributed by atoms with Crippen molar-refractivity contribution in [3.05, 3.63) is 22.7 Å². The first-order chi connectivity index (χ1) is 13.0. The van der Waals surface area contributed by atoms with E-state index in [1.807, 2.05) is 0 Å². The summed E-state index contributed by atoms with van der Waals surface area (Å²) in [5, 5.41) is 28.5. The molecule has 1 aromatic rings. The van der Waals surface area contributed by atoms with Crippen LogP contribution in [0.25, 0.3) is 0 Å². The topological polar surface area (TPSA) is 233 Å². The summed E-state index contributed by atoms with van der Waals surface area (Å²) in [4.78, 5) is 34.0. The lowest BCUT2D eigenvalue weighted by Crippen LogP contribution is -2.36. The second-order valence-corrected chi connectivity index (χ2v) is 8.50. The number of nitrogens with two attached hydrogens (primary N) is 1. The molecule has 1 fully saturated rings. The molecule has 0 saturated carbocycles. The van der Waals surface area contributed by atoms with Crippen LogP contribution in [0.3, 0.4) is 0 Å². The van der Waals surface area contributed by atoms with Crippen molar-refractivity contribution in [3.8, 4) is 0 Å². The number of aliphatic hydroxyl groups is 3. The maximum Gasteiger partial charge on any atom is 0.481 e. The van der Waals surface area contributed by atoms with Crippen LogP contribution in [0.2, 0.25) is 0 Å². The first-order valence-corrected chi connectivity index (χ1v) is 10.6. The number of nitrogen functional groups attached to an aromatic ring is 1. The van der Waals surface area contributed by atoms with Gasteiger partial charge in [-0.2, -0.15) is 9.29 Å². The minimum absolute atomic E-state index is 0.0793. The van der Waals surface area contributed by atoms with Crippen molar-refractivity contribution in [1.82, 2.24) is 9.55 Å². The summed E-state index contributed by atoms with van der Waals surface area (Å²) < 4.78 is 41.9. The van der Waals surface area contributed by atoms with Crippen LogP contribution >= 0.6 is 15.6 Å². The normalized spacial score (nSPS) is 29.3. The Morgan fingerprint density at radius 3 is 2.46 bits per heavy atom. The zero-order valence-corrected chi connectivity index (χ0v) is 15.8. The number of hydrogen-bond donors (Lipinski definition) is 6. The monoisotopic (exact) mass is 447 g/mol. The third-order valence-electron chi connectivity index (χ3n) is 3.42. The highest BCUT2D eigenvalue weighted by Crippen LogP contribution is 2.60. The number of phosphoric acid groups is 2. The molecule has 28 heavy (non-hydrogen) atoms. The van der Waals surface area contributed by atoms with Gasteiger partial charge >= 0.3 is 21.3 Å². The van der Waals surface area contributed by atoms with E-state index in [-0.39, 0.29) is 5.82 Å². The van der Waals surface area contributed by atoms with E-state index in [0.29, 0.717) is 0 Å². The van der Waals surface area contributed by atoms with Crippen LogP contribution in [0, 0.1) is 0 Å². The van der Waals surface area contributed by atoms with E-state index in [9.17, 15) is 33.9 Å². The van der Waals surface area contributed by atoms with Crippen molar-refractivity contribution >= 4 is 21.5 Å². The van der Waals surface area contributed by atoms with E-state index in [4.69, 9.17) is 15.6 Å². The van der Waals surface area contributed by atoms with Gasteiger partial charge in [0, 0.05) is 6.20 Å². The van der Waals surface area contributed by atoms with Crippen molar-refractivity contribution in [3.63, 3.8) is 0 Å². The lowest BCUT2D eigenvalue weighted by atomic mass is 10.1. The highest BCUT2D eigenvalue weighted by Gasteiger charge is 2.46. The zero-order valence-electron chi connectivity index (χ0n) is 14.0. The highest BCUT2D eigenvalue weighted by molar-refractivity contribution is 7.61. The van der Waals surface area contributed by atoms with Crippen molar-refractivity contribution in [2.45, 2.75) is 24.5 Å². The average Bonchev–Trinajstić information content (AvgIpc) is 2.86. The molecule has 1 aromatic heterocycles. The van der Waals surface area contributed by atoms with Crippen molar-refractivity contribution in [2.24, 2.45) is 0 Å². The number of aliphatic hydroxyl groups excluding tert-OH is 3. The fourth-order valence-electron chi connectivity index (χ4n) is 2.22. The van der Waals surface area contributed by atoms with E-state index in [1.54, 1.807) is 0 Å². The van der Waals surface area contributed by atoms with Gasteiger partial charge in [-0.3, -0.25) is 13.6 Å². The van der Waals surface area contributed by atoms with Crippen molar-refractivity contribution < 1.29 is 52.3 Å². The predicted molar refractivity (Wildman–Crippen MR) is 88.6 cm³/mol. The van der Waals surface area contributed by atoms with Gasteiger partial charge in [0.2, 0.25) is 0 Å². The summed E-state index contributed by atoms with van der Waals surface area (Å²) in [6, 6.07) is 1.24. The van der Waals surface area contributed by atoms with Gasteiger partial charge in [0.15, 0.2) is 6.23 Å². The Morgan fingerprint density at radius 1 is 1.21 bits per heavy atom. The molecule has 2 rings (SSSR count). The molecular formula is C11H19N3O12P2. The molecular weight excluding hydrogens is 428 g/mol. The molecule has 7 N–H and O–H groups in total. The van der Waals surface area contributed by atoms with E-state index < -0.39 is 65.7 Å². The molecule has 1 aliphatic rings. The summed E-state index contributed by atoms with van der Waals surface area (Å²) in [5.74, 6) is -0.0793. The molecule has 17 heteroatoms. The number of ether oxygens (including phenoxy) is 1. The van der Waals surface area contributed by atoms with Gasteiger partial charge < -0.3 is 35.6 Å². The van der Waals surface area contributed by atoms with Gasteiger partial charge in [0.05, 0.1) is 19.8 Å². The Hall–Kier alpha value is -1.22. The molecule has 0 aliphatic carbocycles. The maximum absolute atomic E-state index is 11.8. The summed E-state index contributed by atoms with van der Waals surface area (Å²) in [7, 11) is -10.2. The second kappa shape index (κ2) is 9.07. The molecule has 1 aliphatic heterocycles. The molecule has 0 bridgehead atoms. The van der Waals surface area contributed by atoms with E-state index in [1.165, 1.54) is 6.07 Å². The fraction of sp³-hybridized carbons (Fsp3) is 0.636. The Morgan fingerprint density at radius 2 is 1.86 bits per heavy atom. The second-order valence-electron chi connectivity index (χ2n) is 5.46. The molecule has 0 amide bonds. The maximum atomic E-state index is 11.8. The van der Waals surface area contributed by atoms with Gasteiger partial charge in [-0.1, -0.05) is 0 Å². The van der Waals surface area contributed by atoms with Crippen LogP contribution in [-0.4, -0.2) is 72.8 Å². The number of phosphoric ester groups is 2. The third-order valence-corrected chi connectivity index (χ3v) is 6.05. The van der Waals surface area contributed by atoms with Crippen LogP contribution in [-0.2, 0) is 27.2 Å². The van der Waals surface area contributed by atoms with Crippen LogP contribution in [0.1, 0.15) is 6.23 Å². The molecule has 160 valence electrons. The fourth-order valence-corrected chi connectivity index (χ4v) is 4.29. The number of anilines is 1.